The Bertz CT molecular complexity index is 511. The number of aromatic carboxylic acids is 1. The molecule has 0 saturated heterocycles. The van der Waals surface area contributed by atoms with Crippen LogP contribution in [0.5, 0.6) is 0 Å². The van der Waals surface area contributed by atoms with Crippen molar-refractivity contribution in [2.75, 3.05) is 12.6 Å². The lowest BCUT2D eigenvalue weighted by Crippen LogP contribution is -2.00. The maximum absolute atomic E-state index is 10.8. The van der Waals surface area contributed by atoms with Gasteiger partial charge in [0.25, 0.3) is 0 Å². The predicted octanol–water partition coefficient (Wildman–Crippen LogP) is 1.36. The van der Waals surface area contributed by atoms with Gasteiger partial charge in [-0.3, -0.25) is 4.84 Å². The average molecular weight is 225 g/mol. The van der Waals surface area contributed by atoms with Crippen LogP contribution in [-0.4, -0.2) is 28.2 Å². The number of hydrogen-bond donors (Lipinski definition) is 2. The summed E-state index contributed by atoms with van der Waals surface area (Å²) in [7, 11) is 1.46. The van der Waals surface area contributed by atoms with Crippen LogP contribution in [0.1, 0.15) is 10.4 Å². The molecule has 0 aliphatic carbocycles. The summed E-state index contributed by atoms with van der Waals surface area (Å²) in [5, 5.41) is 10.4. The zero-order chi connectivity index (χ0) is 10.8. The van der Waals surface area contributed by atoms with Crippen molar-refractivity contribution in [1.82, 2.24) is 9.97 Å². The Kier molecular flexibility index (Phi) is 2.48. The maximum atomic E-state index is 10.8. The molecule has 2 N–H and O–H groups in total. The molecule has 0 radical (unpaired) electrons. The minimum absolute atomic E-state index is 0.177. The molecule has 0 saturated carbocycles. The van der Waals surface area contributed by atoms with E-state index in [4.69, 9.17) is 9.94 Å². The molecule has 0 unspecified atom stereocenters. The standard InChI is InChI=1S/C8H7N3O3S/c1-14-11-7-6-5(9-3-10-7)4(2-15-6)8(12)13/h2-3H,1H3,(H,12,13)(H,9,10,11). The topological polar surface area (TPSA) is 84.3 Å². The van der Waals surface area contributed by atoms with Crippen molar-refractivity contribution in [3.8, 4) is 0 Å². The Morgan fingerprint density at radius 1 is 1.60 bits per heavy atom. The second kappa shape index (κ2) is 3.79. The molecule has 0 aliphatic heterocycles. The number of carboxylic acids is 1. The Morgan fingerprint density at radius 2 is 2.40 bits per heavy atom. The largest absolute Gasteiger partial charge is 0.478 e. The maximum Gasteiger partial charge on any atom is 0.338 e. The van der Waals surface area contributed by atoms with Crippen LogP contribution < -0.4 is 5.48 Å². The monoisotopic (exact) mass is 225 g/mol. The fraction of sp³-hybridized carbons (Fsp3) is 0.125. The summed E-state index contributed by atoms with van der Waals surface area (Å²) in [6, 6.07) is 0. The third-order valence-electron chi connectivity index (χ3n) is 1.78. The number of anilines is 1. The first-order valence-corrected chi connectivity index (χ1v) is 4.86. The van der Waals surface area contributed by atoms with Crippen LogP contribution in [0, 0.1) is 0 Å². The summed E-state index contributed by atoms with van der Waals surface area (Å²) < 4.78 is 0.664. The lowest BCUT2D eigenvalue weighted by molar-refractivity contribution is 0.0699. The van der Waals surface area contributed by atoms with Crippen LogP contribution in [-0.2, 0) is 4.84 Å². The molecular formula is C8H7N3O3S. The van der Waals surface area contributed by atoms with E-state index in [-0.39, 0.29) is 5.56 Å². The molecule has 0 bridgehead atoms. The molecular weight excluding hydrogens is 218 g/mol. The van der Waals surface area contributed by atoms with Gasteiger partial charge in [0.1, 0.15) is 11.8 Å². The van der Waals surface area contributed by atoms with Gasteiger partial charge in [0.15, 0.2) is 5.82 Å². The van der Waals surface area contributed by atoms with Crippen molar-refractivity contribution in [3.63, 3.8) is 0 Å². The van der Waals surface area contributed by atoms with Gasteiger partial charge in [-0.15, -0.1) is 11.3 Å². The molecule has 2 rings (SSSR count). The van der Waals surface area contributed by atoms with Crippen LogP contribution >= 0.6 is 11.3 Å². The lowest BCUT2D eigenvalue weighted by Gasteiger charge is -2.01. The SMILES string of the molecule is CONc1ncnc2c(C(=O)O)csc12. The number of aromatic nitrogens is 2. The third kappa shape index (κ3) is 1.62. The first-order valence-electron chi connectivity index (χ1n) is 3.98. The molecule has 0 spiro atoms. The molecule has 15 heavy (non-hydrogen) atoms. The normalized spacial score (nSPS) is 10.5. The molecule has 0 fully saturated rings. The zero-order valence-electron chi connectivity index (χ0n) is 7.72. The zero-order valence-corrected chi connectivity index (χ0v) is 8.54. The highest BCUT2D eigenvalue weighted by atomic mass is 32.1. The van der Waals surface area contributed by atoms with E-state index in [0.717, 1.165) is 0 Å². The molecule has 0 atom stereocenters. The van der Waals surface area contributed by atoms with Crippen molar-refractivity contribution < 1.29 is 14.7 Å². The Balaban J connectivity index is 2.63. The second-order valence-electron chi connectivity index (χ2n) is 2.66. The molecule has 2 heterocycles. The van der Waals surface area contributed by atoms with E-state index < -0.39 is 5.97 Å². The van der Waals surface area contributed by atoms with Gasteiger partial charge in [-0.1, -0.05) is 0 Å². The van der Waals surface area contributed by atoms with Gasteiger partial charge in [-0.25, -0.2) is 20.2 Å². The van der Waals surface area contributed by atoms with Gasteiger partial charge in [0, 0.05) is 5.38 Å². The van der Waals surface area contributed by atoms with E-state index in [1.807, 2.05) is 0 Å². The summed E-state index contributed by atoms with van der Waals surface area (Å²) in [5.41, 5.74) is 3.17. The summed E-state index contributed by atoms with van der Waals surface area (Å²) >= 11 is 1.26. The Hall–Kier alpha value is -1.73. The van der Waals surface area contributed by atoms with Gasteiger partial charge in [-0.2, -0.15) is 0 Å². The molecule has 0 aromatic carbocycles. The van der Waals surface area contributed by atoms with E-state index >= 15 is 0 Å². The minimum Gasteiger partial charge on any atom is -0.478 e. The van der Waals surface area contributed by atoms with E-state index in [1.54, 1.807) is 0 Å². The number of hydrogen-bond acceptors (Lipinski definition) is 6. The van der Waals surface area contributed by atoms with Crippen LogP contribution in [0.15, 0.2) is 11.7 Å². The average Bonchev–Trinajstić information content (AvgIpc) is 2.62. The van der Waals surface area contributed by atoms with Gasteiger partial charge in [-0.05, 0) is 0 Å². The molecule has 0 amide bonds. The Morgan fingerprint density at radius 3 is 3.07 bits per heavy atom. The highest BCUT2D eigenvalue weighted by Gasteiger charge is 2.14. The number of thiophene rings is 1. The Labute approximate surface area is 88.5 Å². The van der Waals surface area contributed by atoms with Crippen molar-refractivity contribution in [2.45, 2.75) is 0 Å². The lowest BCUT2D eigenvalue weighted by atomic mass is 10.3. The molecule has 7 heteroatoms. The van der Waals surface area contributed by atoms with Crippen molar-refractivity contribution in [2.24, 2.45) is 0 Å². The van der Waals surface area contributed by atoms with E-state index in [2.05, 4.69) is 15.4 Å². The number of rotatable bonds is 3. The van der Waals surface area contributed by atoms with Crippen LogP contribution in [0.4, 0.5) is 5.82 Å². The third-order valence-corrected chi connectivity index (χ3v) is 2.76. The molecule has 6 nitrogen and oxygen atoms in total. The van der Waals surface area contributed by atoms with Crippen LogP contribution in [0.2, 0.25) is 0 Å². The summed E-state index contributed by atoms with van der Waals surface area (Å²) in [6.45, 7) is 0. The minimum atomic E-state index is -0.997. The van der Waals surface area contributed by atoms with Gasteiger partial charge < -0.3 is 5.11 Å². The summed E-state index contributed by atoms with van der Waals surface area (Å²) in [6.07, 6.45) is 1.29. The summed E-state index contributed by atoms with van der Waals surface area (Å²) in [5.74, 6) is -0.525. The first kappa shape index (κ1) is 9.81. The number of nitrogens with zero attached hydrogens (tertiary/aromatic N) is 2. The second-order valence-corrected chi connectivity index (χ2v) is 3.54. The molecule has 2 aromatic rings. The number of nitrogens with one attached hydrogen (secondary N) is 1. The fourth-order valence-electron chi connectivity index (χ4n) is 1.17. The molecule has 78 valence electrons. The first-order chi connectivity index (χ1) is 7.24. The van der Waals surface area contributed by atoms with Crippen molar-refractivity contribution in [3.05, 3.63) is 17.3 Å². The highest BCUT2D eigenvalue weighted by molar-refractivity contribution is 7.18. The number of carbonyl (C=O) groups is 1. The van der Waals surface area contributed by atoms with Gasteiger partial charge in [0.2, 0.25) is 0 Å². The van der Waals surface area contributed by atoms with E-state index in [0.29, 0.717) is 16.0 Å². The smallest absolute Gasteiger partial charge is 0.338 e. The number of carboxylic acid groups (broad SMARTS) is 1. The number of fused-ring (bicyclic) bond motifs is 1. The van der Waals surface area contributed by atoms with Gasteiger partial charge >= 0.3 is 5.97 Å². The van der Waals surface area contributed by atoms with E-state index in [9.17, 15) is 4.79 Å². The molecule has 2 aromatic heterocycles. The highest BCUT2D eigenvalue weighted by Crippen LogP contribution is 2.28. The quantitative estimate of drug-likeness (QED) is 0.767. The summed E-state index contributed by atoms with van der Waals surface area (Å²) in [4.78, 5) is 23.4. The predicted molar refractivity (Wildman–Crippen MR) is 55.0 cm³/mol. The van der Waals surface area contributed by atoms with Gasteiger partial charge in [0.05, 0.1) is 17.4 Å². The van der Waals surface area contributed by atoms with Crippen LogP contribution in [0.25, 0.3) is 10.2 Å². The molecule has 0 aliphatic rings. The van der Waals surface area contributed by atoms with Crippen molar-refractivity contribution >= 4 is 33.3 Å². The van der Waals surface area contributed by atoms with E-state index in [1.165, 1.54) is 30.2 Å². The van der Waals surface area contributed by atoms with Crippen LogP contribution in [0.3, 0.4) is 0 Å². The van der Waals surface area contributed by atoms with Crippen molar-refractivity contribution in [1.29, 1.82) is 0 Å². The fourth-order valence-corrected chi connectivity index (χ4v) is 2.10.